The minimum absolute atomic E-state index is 0.261. The summed E-state index contributed by atoms with van der Waals surface area (Å²) in [6.45, 7) is 2.05. The molecule has 1 rings (SSSR count). The van der Waals surface area contributed by atoms with Gasteiger partial charge in [0.1, 0.15) is 18.7 Å². The van der Waals surface area contributed by atoms with Crippen LogP contribution in [0.5, 0.6) is 0 Å². The highest BCUT2D eigenvalue weighted by Crippen LogP contribution is 2.26. The van der Waals surface area contributed by atoms with Crippen LogP contribution in [0.3, 0.4) is 0 Å². The van der Waals surface area contributed by atoms with Crippen molar-refractivity contribution in [1.82, 2.24) is 0 Å². The van der Waals surface area contributed by atoms with Gasteiger partial charge in [-0.05, 0) is 6.42 Å². The summed E-state index contributed by atoms with van der Waals surface area (Å²) in [5.41, 5.74) is 5.51. The van der Waals surface area contributed by atoms with Gasteiger partial charge in [-0.1, -0.05) is 0 Å². The Morgan fingerprint density at radius 1 is 1.59 bits per heavy atom. The van der Waals surface area contributed by atoms with Crippen LogP contribution in [0.15, 0.2) is 0 Å². The maximum absolute atomic E-state index is 10.7. The predicted octanol–water partition coefficient (Wildman–Crippen LogP) is -0.00480. The monoisotopic (exact) mass is 263 g/mol. The highest BCUT2D eigenvalue weighted by Gasteiger charge is 2.34. The third kappa shape index (κ3) is 4.83. The lowest BCUT2D eigenvalue weighted by Gasteiger charge is -2.41. The van der Waals surface area contributed by atoms with Crippen LogP contribution in [-0.4, -0.2) is 73.0 Å². The van der Waals surface area contributed by atoms with Crippen molar-refractivity contribution in [2.75, 3.05) is 40.0 Å². The molecule has 0 aromatic heterocycles. The van der Waals surface area contributed by atoms with Crippen LogP contribution in [-0.2, 0) is 9.53 Å². The van der Waals surface area contributed by atoms with Crippen molar-refractivity contribution in [2.45, 2.75) is 23.8 Å². The summed E-state index contributed by atoms with van der Waals surface area (Å²) in [6.07, 6.45) is 1.24. The lowest BCUT2D eigenvalue weighted by Crippen LogP contribution is -2.55. The number of nitrogens with two attached hydrogens (primary N) is 1. The molecule has 0 amide bonds. The number of hydrogen-bond donors (Lipinski definition) is 2. The molecule has 3 atom stereocenters. The van der Waals surface area contributed by atoms with Crippen LogP contribution >= 0.6 is 11.8 Å². The first kappa shape index (κ1) is 14.8. The van der Waals surface area contributed by atoms with Crippen molar-refractivity contribution in [2.24, 2.45) is 5.73 Å². The number of likely N-dealkylation sites (N-methyl/N-ethyl adjacent to an activating group) is 1. The Hall–Kier alpha value is -0.300. The molecule has 5 nitrogen and oxygen atoms in total. The molecule has 3 unspecified atom stereocenters. The van der Waals surface area contributed by atoms with Crippen molar-refractivity contribution >= 4 is 17.7 Å². The average Bonchev–Trinajstić information content (AvgIpc) is 2.23. The Morgan fingerprint density at radius 3 is 2.76 bits per heavy atom. The van der Waals surface area contributed by atoms with Gasteiger partial charge in [0, 0.05) is 12.9 Å². The van der Waals surface area contributed by atoms with Crippen molar-refractivity contribution in [3.63, 3.8) is 0 Å². The second-order valence-electron chi connectivity index (χ2n) is 5.29. The number of aliphatic carboxylic acids is 1. The molecule has 100 valence electrons. The fraction of sp³-hybridized carbons (Fsp3) is 0.909. The quantitative estimate of drug-likeness (QED) is 0.683. The van der Waals surface area contributed by atoms with E-state index in [0.717, 1.165) is 24.0 Å². The zero-order valence-electron chi connectivity index (χ0n) is 10.8. The normalized spacial score (nSPS) is 29.9. The summed E-state index contributed by atoms with van der Waals surface area (Å²) in [5, 5.41) is 9.17. The Morgan fingerprint density at radius 2 is 2.24 bits per heavy atom. The van der Waals surface area contributed by atoms with Crippen LogP contribution in [0.4, 0.5) is 0 Å². The van der Waals surface area contributed by atoms with Gasteiger partial charge in [0.15, 0.2) is 0 Å². The largest absolute Gasteiger partial charge is 0.480 e. The summed E-state index contributed by atoms with van der Waals surface area (Å²) in [4.78, 5) is 10.7. The Labute approximate surface area is 107 Å². The number of likely N-dealkylation sites (tertiary alicyclic amines) is 1. The van der Waals surface area contributed by atoms with Gasteiger partial charge in [-0.25, -0.2) is 0 Å². The fourth-order valence-electron chi connectivity index (χ4n) is 2.22. The molecule has 0 saturated carbocycles. The highest BCUT2D eigenvalue weighted by molar-refractivity contribution is 8.00. The second-order valence-corrected chi connectivity index (χ2v) is 6.63. The molecular formula is C11H23N2O3S+. The number of rotatable bonds is 5. The van der Waals surface area contributed by atoms with E-state index in [-0.39, 0.29) is 6.10 Å². The van der Waals surface area contributed by atoms with Crippen molar-refractivity contribution in [3.8, 4) is 0 Å². The molecule has 6 heteroatoms. The Bertz CT molecular complexity index is 273. The molecule has 1 heterocycles. The SMILES string of the molecule is COC1CC(SCC(N)C(=O)O)C[N+](C)(C)C1. The predicted molar refractivity (Wildman–Crippen MR) is 69.1 cm³/mol. The minimum Gasteiger partial charge on any atom is -0.480 e. The number of hydrogen-bond acceptors (Lipinski definition) is 4. The van der Waals surface area contributed by atoms with E-state index in [2.05, 4.69) is 14.1 Å². The van der Waals surface area contributed by atoms with E-state index < -0.39 is 12.0 Å². The van der Waals surface area contributed by atoms with E-state index in [1.54, 1.807) is 18.9 Å². The standard InChI is InChI=1S/C11H22N2O3S/c1-13(2)5-8(16-3)4-9(6-13)17-7-10(12)11(14)15/h8-10H,4-7,12H2,1-3H3/p+1. The molecule has 0 spiro atoms. The number of carboxylic acid groups (broad SMARTS) is 1. The van der Waals surface area contributed by atoms with Gasteiger partial charge in [-0.15, -0.1) is 0 Å². The van der Waals surface area contributed by atoms with Crippen molar-refractivity contribution in [1.29, 1.82) is 0 Å². The molecule has 1 saturated heterocycles. The highest BCUT2D eigenvalue weighted by atomic mass is 32.2. The first-order chi connectivity index (χ1) is 7.84. The van der Waals surface area contributed by atoms with Gasteiger partial charge in [0.2, 0.25) is 0 Å². The lowest BCUT2D eigenvalue weighted by molar-refractivity contribution is -0.897. The van der Waals surface area contributed by atoms with E-state index in [9.17, 15) is 4.79 Å². The van der Waals surface area contributed by atoms with Gasteiger partial charge < -0.3 is 20.1 Å². The maximum Gasteiger partial charge on any atom is 0.321 e. The van der Waals surface area contributed by atoms with E-state index in [0.29, 0.717) is 11.0 Å². The van der Waals surface area contributed by atoms with Gasteiger partial charge in [0.05, 0.1) is 25.9 Å². The van der Waals surface area contributed by atoms with E-state index in [1.807, 2.05) is 0 Å². The number of piperidine rings is 1. The third-order valence-electron chi connectivity index (χ3n) is 3.08. The van der Waals surface area contributed by atoms with Crippen LogP contribution in [0.25, 0.3) is 0 Å². The van der Waals surface area contributed by atoms with Gasteiger partial charge in [0.25, 0.3) is 0 Å². The van der Waals surface area contributed by atoms with Crippen molar-refractivity contribution < 1.29 is 19.1 Å². The maximum atomic E-state index is 10.7. The van der Waals surface area contributed by atoms with E-state index in [4.69, 9.17) is 15.6 Å². The molecule has 1 aliphatic heterocycles. The topological polar surface area (TPSA) is 72.5 Å². The fourth-order valence-corrected chi connectivity index (χ4v) is 3.70. The minimum atomic E-state index is -0.926. The Balaban J connectivity index is 2.45. The third-order valence-corrected chi connectivity index (χ3v) is 4.45. The molecular weight excluding hydrogens is 240 g/mol. The zero-order valence-corrected chi connectivity index (χ0v) is 11.6. The summed E-state index contributed by atoms with van der Waals surface area (Å²) in [5.74, 6) is -0.457. The van der Waals surface area contributed by atoms with Crippen LogP contribution < -0.4 is 5.73 Å². The molecule has 0 aromatic rings. The molecule has 1 fully saturated rings. The first-order valence-corrected chi connectivity index (χ1v) is 6.83. The zero-order chi connectivity index (χ0) is 13.1. The first-order valence-electron chi connectivity index (χ1n) is 5.79. The summed E-state index contributed by atoms with van der Waals surface area (Å²) in [6, 6.07) is -0.765. The van der Waals surface area contributed by atoms with Crippen LogP contribution in [0.2, 0.25) is 0 Å². The number of methoxy groups -OCH3 is 1. The molecule has 0 aliphatic carbocycles. The number of carbonyl (C=O) groups is 1. The van der Waals surface area contributed by atoms with E-state index in [1.165, 1.54) is 0 Å². The summed E-state index contributed by atoms with van der Waals surface area (Å²) < 4.78 is 6.35. The van der Waals surface area contributed by atoms with Crippen LogP contribution in [0.1, 0.15) is 6.42 Å². The summed E-state index contributed by atoms with van der Waals surface area (Å²) >= 11 is 1.65. The summed E-state index contributed by atoms with van der Waals surface area (Å²) in [7, 11) is 6.09. The number of thioether (sulfide) groups is 1. The number of carboxylic acids is 1. The lowest BCUT2D eigenvalue weighted by atomic mass is 10.1. The molecule has 3 N–H and O–H groups in total. The molecule has 1 aliphatic rings. The van der Waals surface area contributed by atoms with Gasteiger partial charge in [-0.3, -0.25) is 4.79 Å². The van der Waals surface area contributed by atoms with Crippen molar-refractivity contribution in [3.05, 3.63) is 0 Å². The van der Waals surface area contributed by atoms with Gasteiger partial charge >= 0.3 is 5.97 Å². The second kappa shape index (κ2) is 6.04. The van der Waals surface area contributed by atoms with E-state index >= 15 is 0 Å². The molecule has 0 bridgehead atoms. The van der Waals surface area contributed by atoms with Crippen LogP contribution in [0, 0.1) is 0 Å². The average molecular weight is 263 g/mol. The molecule has 0 aromatic carbocycles. The molecule has 17 heavy (non-hydrogen) atoms. The van der Waals surface area contributed by atoms with Gasteiger partial charge in [-0.2, -0.15) is 11.8 Å². The molecule has 0 radical (unpaired) electrons. The Kier molecular flexibility index (Phi) is 5.24. The number of nitrogens with zero attached hydrogens (tertiary/aromatic N) is 1. The number of ether oxygens (including phenoxy) is 1. The smallest absolute Gasteiger partial charge is 0.321 e. The number of quaternary nitrogens is 1.